The minimum absolute atomic E-state index is 0. The average molecular weight is 317 g/mol. The molecule has 0 unspecified atom stereocenters. The molecular weight excluding hydrogens is 285 g/mol. The van der Waals surface area contributed by atoms with Crippen LogP contribution in [-0.4, -0.2) is 31.8 Å². The predicted molar refractivity (Wildman–Crippen MR) is 82.2 cm³/mol. The van der Waals surface area contributed by atoms with E-state index in [0.29, 0.717) is 6.54 Å². The third kappa shape index (κ3) is 21.2. The Morgan fingerprint density at radius 3 is 1.75 bits per heavy atom. The van der Waals surface area contributed by atoms with E-state index in [0.717, 1.165) is 13.0 Å². The van der Waals surface area contributed by atoms with E-state index >= 15 is 0 Å². The molecule has 0 aliphatic heterocycles. The number of rotatable bonds is 14. The molecule has 0 heterocycles. The maximum Gasteiger partial charge on any atom is 1.00 e. The van der Waals surface area contributed by atoms with Crippen LogP contribution in [0.1, 0.15) is 72.6 Å². The van der Waals surface area contributed by atoms with Crippen LogP contribution in [0.2, 0.25) is 0 Å². The third-order valence-corrected chi connectivity index (χ3v) is 3.96. The van der Waals surface area contributed by atoms with E-state index in [4.69, 9.17) is 4.55 Å². The maximum atomic E-state index is 10.4. The van der Waals surface area contributed by atoms with Crippen LogP contribution in [0.3, 0.4) is 0 Å². The number of nitrogens with one attached hydrogen (secondary N) is 1. The summed E-state index contributed by atoms with van der Waals surface area (Å²) in [5.41, 5.74) is 0. The second kappa shape index (κ2) is 16.2. The number of hydrogen-bond donors (Lipinski definition) is 2. The van der Waals surface area contributed by atoms with Gasteiger partial charge >= 0.3 is 29.6 Å². The van der Waals surface area contributed by atoms with Crippen molar-refractivity contribution < 1.29 is 44.0 Å². The summed E-state index contributed by atoms with van der Waals surface area (Å²) in [6.07, 6.45) is 13.0. The quantitative estimate of drug-likeness (QED) is 0.278. The fraction of sp³-hybridized carbons (Fsp3) is 1.00. The van der Waals surface area contributed by atoms with Crippen LogP contribution in [0.15, 0.2) is 0 Å². The van der Waals surface area contributed by atoms with Gasteiger partial charge < -0.3 is 6.74 Å². The Balaban J connectivity index is -0.00000162. The molecular formula is C14H32NNaO3S. The summed E-state index contributed by atoms with van der Waals surface area (Å²) in [6, 6.07) is 0. The minimum atomic E-state index is -3.80. The summed E-state index contributed by atoms with van der Waals surface area (Å²) in [5, 5.41) is 3.03. The van der Waals surface area contributed by atoms with E-state index in [1.165, 1.54) is 57.8 Å². The molecule has 4 nitrogen and oxygen atoms in total. The molecule has 0 rings (SSSR count). The largest absolute Gasteiger partial charge is 1.00 e. The molecule has 20 heavy (non-hydrogen) atoms. The second-order valence-corrected chi connectivity index (χ2v) is 6.79. The van der Waals surface area contributed by atoms with Crippen molar-refractivity contribution in [2.45, 2.75) is 71.1 Å². The van der Waals surface area contributed by atoms with E-state index in [2.05, 4.69) is 12.2 Å². The van der Waals surface area contributed by atoms with Crippen LogP contribution in [-0.2, 0) is 10.1 Å². The molecule has 0 aliphatic carbocycles. The fourth-order valence-corrected chi connectivity index (χ4v) is 2.47. The molecule has 6 heteroatoms. The molecule has 2 N–H and O–H groups in total. The van der Waals surface area contributed by atoms with Crippen LogP contribution in [0.4, 0.5) is 0 Å². The Hall–Kier alpha value is 0.870. The summed E-state index contributed by atoms with van der Waals surface area (Å²) < 4.78 is 29.4. The number of hydrogen-bond acceptors (Lipinski definition) is 3. The second-order valence-electron chi connectivity index (χ2n) is 5.22. The first-order valence-electron chi connectivity index (χ1n) is 7.72. The zero-order chi connectivity index (χ0) is 14.4. The molecule has 0 aromatic heterocycles. The van der Waals surface area contributed by atoms with E-state index < -0.39 is 10.1 Å². The molecule has 0 aliphatic rings. The van der Waals surface area contributed by atoms with Gasteiger partial charge in [-0.3, -0.25) is 4.55 Å². The molecule has 0 bridgehead atoms. The first-order chi connectivity index (χ1) is 9.06. The van der Waals surface area contributed by atoms with Crippen LogP contribution in [0.5, 0.6) is 0 Å². The van der Waals surface area contributed by atoms with Gasteiger partial charge in [0.2, 0.25) is 0 Å². The van der Waals surface area contributed by atoms with E-state index in [-0.39, 0.29) is 36.7 Å². The van der Waals surface area contributed by atoms with Crippen molar-refractivity contribution in [3.63, 3.8) is 0 Å². The van der Waals surface area contributed by atoms with Gasteiger partial charge in [-0.2, -0.15) is 8.42 Å². The molecule has 0 aromatic carbocycles. The standard InChI is InChI=1S/C14H31NO3S.Na.H/c1-2-3-4-5-6-7-8-9-10-11-12-15-13-14-19(16,17)18;;/h15H,2-14H2,1H3,(H,16,17,18);;/q;+1;-1. The molecule has 0 fully saturated rings. The van der Waals surface area contributed by atoms with Gasteiger partial charge in [0.05, 0.1) is 5.75 Å². The normalized spacial score (nSPS) is 11.3. The Labute approximate surface area is 149 Å². The Kier molecular flexibility index (Phi) is 18.8. The Morgan fingerprint density at radius 1 is 0.850 bits per heavy atom. The topological polar surface area (TPSA) is 66.4 Å². The smallest absolute Gasteiger partial charge is 1.00 e. The van der Waals surface area contributed by atoms with Gasteiger partial charge in [0.15, 0.2) is 0 Å². The first-order valence-corrected chi connectivity index (χ1v) is 9.33. The summed E-state index contributed by atoms with van der Waals surface area (Å²) >= 11 is 0. The third-order valence-electron chi connectivity index (χ3n) is 3.24. The maximum absolute atomic E-state index is 10.4. The van der Waals surface area contributed by atoms with Gasteiger partial charge in [0.25, 0.3) is 10.1 Å². The van der Waals surface area contributed by atoms with E-state index in [9.17, 15) is 8.42 Å². The van der Waals surface area contributed by atoms with E-state index in [1.54, 1.807) is 0 Å². The SMILES string of the molecule is CCCCCCCCCCCCNCCS(=O)(=O)O.[H-].[Na+]. The zero-order valence-corrected chi connectivity index (χ0v) is 16.2. The van der Waals surface area contributed by atoms with Crippen molar-refractivity contribution in [1.29, 1.82) is 0 Å². The van der Waals surface area contributed by atoms with Gasteiger partial charge in [-0.05, 0) is 13.0 Å². The van der Waals surface area contributed by atoms with Gasteiger partial charge in [0.1, 0.15) is 0 Å². The van der Waals surface area contributed by atoms with Crippen LogP contribution < -0.4 is 34.9 Å². The van der Waals surface area contributed by atoms with Gasteiger partial charge in [0, 0.05) is 6.54 Å². The summed E-state index contributed by atoms with van der Waals surface area (Å²) in [4.78, 5) is 0. The van der Waals surface area contributed by atoms with Crippen LogP contribution >= 0.6 is 0 Å². The fourth-order valence-electron chi connectivity index (χ4n) is 2.06. The molecule has 0 aromatic rings. The van der Waals surface area contributed by atoms with Crippen LogP contribution in [0.25, 0.3) is 0 Å². The van der Waals surface area contributed by atoms with Gasteiger partial charge in [-0.15, -0.1) is 0 Å². The van der Waals surface area contributed by atoms with Crippen molar-refractivity contribution in [3.8, 4) is 0 Å². The van der Waals surface area contributed by atoms with Gasteiger partial charge in [-0.25, -0.2) is 0 Å². The monoisotopic (exact) mass is 317 g/mol. The number of unbranched alkanes of at least 4 members (excludes halogenated alkanes) is 9. The van der Waals surface area contributed by atoms with Crippen molar-refractivity contribution in [2.75, 3.05) is 18.8 Å². The molecule has 0 saturated carbocycles. The van der Waals surface area contributed by atoms with Crippen LogP contribution in [0, 0.1) is 0 Å². The summed E-state index contributed by atoms with van der Waals surface area (Å²) in [5.74, 6) is -0.190. The van der Waals surface area contributed by atoms with Gasteiger partial charge in [-0.1, -0.05) is 64.7 Å². The van der Waals surface area contributed by atoms with Crippen molar-refractivity contribution in [3.05, 3.63) is 0 Å². The molecule has 0 radical (unpaired) electrons. The van der Waals surface area contributed by atoms with Crippen molar-refractivity contribution >= 4 is 10.1 Å². The zero-order valence-electron chi connectivity index (χ0n) is 14.4. The minimum Gasteiger partial charge on any atom is -1.00 e. The molecule has 118 valence electrons. The molecule has 0 spiro atoms. The molecule has 0 amide bonds. The predicted octanol–water partition coefficient (Wildman–Crippen LogP) is 0.501. The summed E-state index contributed by atoms with van der Waals surface area (Å²) in [7, 11) is -3.80. The first kappa shape index (κ1) is 23.1. The van der Waals surface area contributed by atoms with E-state index in [1.807, 2.05) is 0 Å². The molecule has 0 saturated heterocycles. The average Bonchev–Trinajstić information content (AvgIpc) is 2.34. The van der Waals surface area contributed by atoms with Crippen molar-refractivity contribution in [2.24, 2.45) is 0 Å². The summed E-state index contributed by atoms with van der Waals surface area (Å²) in [6.45, 7) is 3.42. The Morgan fingerprint density at radius 2 is 1.30 bits per heavy atom. The molecule has 0 atom stereocenters. The Bertz CT molecular complexity index is 290. The van der Waals surface area contributed by atoms with Crippen molar-refractivity contribution in [1.82, 2.24) is 5.32 Å².